The summed E-state index contributed by atoms with van der Waals surface area (Å²) in [6, 6.07) is 9.42. The van der Waals surface area contributed by atoms with Crippen molar-refractivity contribution >= 4 is 48.3 Å². The fraction of sp³-hybridized carbons (Fsp3) is 0. The lowest BCUT2D eigenvalue weighted by molar-refractivity contribution is 0.102. The number of benzene rings is 3. The van der Waals surface area contributed by atoms with Crippen molar-refractivity contribution in [2.24, 2.45) is 0 Å². The number of aromatic hydroxyl groups is 1. The number of fused-ring (bicyclic) bond motifs is 1. The van der Waals surface area contributed by atoms with E-state index in [1.165, 1.54) is 24.3 Å². The van der Waals surface area contributed by atoms with Crippen molar-refractivity contribution in [2.45, 2.75) is 9.79 Å². The number of carbonyl (C=O) groups excluding carboxylic acids is 1. The number of nitrogens with one attached hydrogen (secondary N) is 1. The van der Waals surface area contributed by atoms with Gasteiger partial charge in [-0.3, -0.25) is 13.9 Å². The van der Waals surface area contributed by atoms with Crippen LogP contribution in [0.15, 0.2) is 58.3 Å². The zero-order valence-corrected chi connectivity index (χ0v) is 16.0. The second kappa shape index (κ2) is 7.00. The second-order valence-electron chi connectivity index (χ2n) is 6.04. The van der Waals surface area contributed by atoms with Crippen molar-refractivity contribution in [1.82, 2.24) is 0 Å². The number of hydrogen-bond donors (Lipinski definition) is 5. The Bertz CT molecular complexity index is 1350. The summed E-state index contributed by atoms with van der Waals surface area (Å²) >= 11 is 0. The van der Waals surface area contributed by atoms with Gasteiger partial charge in [0.15, 0.2) is 0 Å². The van der Waals surface area contributed by atoms with Crippen LogP contribution in [0, 0.1) is 0 Å². The Kier molecular flexibility index (Phi) is 4.96. The molecule has 0 bridgehead atoms. The van der Waals surface area contributed by atoms with Crippen LogP contribution in [-0.4, -0.2) is 37.0 Å². The minimum absolute atomic E-state index is 0.0612. The number of phenolic OH excluding ortho intramolecular Hbond substituents is 1. The van der Waals surface area contributed by atoms with Gasteiger partial charge >= 0.3 is 0 Å². The predicted molar refractivity (Wildman–Crippen MR) is 104 cm³/mol. The Balaban J connectivity index is 2.22. The van der Waals surface area contributed by atoms with E-state index < -0.39 is 41.7 Å². The summed E-state index contributed by atoms with van der Waals surface area (Å²) < 4.78 is 64.5. The van der Waals surface area contributed by atoms with Crippen molar-refractivity contribution in [2.75, 3.05) is 11.1 Å². The summed E-state index contributed by atoms with van der Waals surface area (Å²) in [7, 11) is -9.54. The molecule has 0 atom stereocenters. The van der Waals surface area contributed by atoms with Crippen LogP contribution in [0.3, 0.4) is 0 Å². The molecule has 10 nitrogen and oxygen atoms in total. The molecule has 0 aliphatic heterocycles. The second-order valence-corrected chi connectivity index (χ2v) is 8.85. The van der Waals surface area contributed by atoms with E-state index in [1.807, 2.05) is 0 Å². The third-order valence-corrected chi connectivity index (χ3v) is 5.72. The molecule has 3 aromatic rings. The van der Waals surface area contributed by atoms with Gasteiger partial charge < -0.3 is 16.2 Å². The summed E-state index contributed by atoms with van der Waals surface area (Å²) in [5.41, 5.74) is 6.04. The number of anilines is 2. The first-order valence-corrected chi connectivity index (χ1v) is 10.7. The van der Waals surface area contributed by atoms with Crippen molar-refractivity contribution < 1.29 is 35.8 Å². The number of phenols is 1. The number of nitrogen functional groups attached to an aromatic ring is 1. The molecule has 1 amide bonds. The maximum Gasteiger partial charge on any atom is 0.298 e. The van der Waals surface area contributed by atoms with Gasteiger partial charge in [-0.15, -0.1) is 0 Å². The number of hydrogen-bond acceptors (Lipinski definition) is 7. The minimum atomic E-state index is -4.82. The van der Waals surface area contributed by atoms with Gasteiger partial charge in [0, 0.05) is 16.6 Å². The zero-order valence-electron chi connectivity index (χ0n) is 14.4. The van der Waals surface area contributed by atoms with Crippen LogP contribution in [0.1, 0.15) is 10.4 Å². The van der Waals surface area contributed by atoms with Crippen molar-refractivity contribution in [3.05, 3.63) is 54.1 Å². The van der Waals surface area contributed by atoms with Gasteiger partial charge in [-0.1, -0.05) is 0 Å². The minimum Gasteiger partial charge on any atom is -0.506 e. The van der Waals surface area contributed by atoms with Crippen LogP contribution < -0.4 is 11.1 Å². The molecule has 0 unspecified atom stereocenters. The molecule has 12 heteroatoms. The first-order valence-electron chi connectivity index (χ1n) is 7.79. The Morgan fingerprint density at radius 2 is 1.52 bits per heavy atom. The van der Waals surface area contributed by atoms with Gasteiger partial charge in [-0.2, -0.15) is 16.8 Å². The van der Waals surface area contributed by atoms with Gasteiger partial charge in [0.25, 0.3) is 26.1 Å². The standard InChI is InChI=1S/C17H14N2O8S2/c18-11-3-1-9(2-4-11)17(21)19-14-7-12(28(22,23)24)5-10-6-16(29(25,26)27)15(20)8-13(10)14/h1-8,20H,18H2,(H,19,21)(H,22,23,24)(H,25,26,27). The lowest BCUT2D eigenvalue weighted by Gasteiger charge is -2.13. The molecule has 152 valence electrons. The molecular weight excluding hydrogens is 424 g/mol. The van der Waals surface area contributed by atoms with Gasteiger partial charge in [0.05, 0.1) is 10.6 Å². The van der Waals surface area contributed by atoms with Gasteiger partial charge in [0.1, 0.15) is 10.6 Å². The molecule has 0 spiro atoms. The molecule has 6 N–H and O–H groups in total. The fourth-order valence-electron chi connectivity index (χ4n) is 2.64. The van der Waals surface area contributed by atoms with Gasteiger partial charge in [-0.05, 0) is 53.9 Å². The number of amides is 1. The number of nitrogens with two attached hydrogens (primary N) is 1. The molecule has 0 fully saturated rings. The first-order chi connectivity index (χ1) is 13.4. The summed E-state index contributed by atoms with van der Waals surface area (Å²) in [5, 5.41) is 12.4. The monoisotopic (exact) mass is 438 g/mol. The molecule has 3 aromatic carbocycles. The Morgan fingerprint density at radius 1 is 0.897 bits per heavy atom. The molecule has 0 heterocycles. The summed E-state index contributed by atoms with van der Waals surface area (Å²) in [6.45, 7) is 0. The highest BCUT2D eigenvalue weighted by molar-refractivity contribution is 7.86. The normalized spacial score (nSPS) is 12.1. The van der Waals surface area contributed by atoms with Crippen molar-refractivity contribution in [3.63, 3.8) is 0 Å². The molecule has 0 radical (unpaired) electrons. The van der Waals surface area contributed by atoms with E-state index in [-0.39, 0.29) is 22.0 Å². The maximum absolute atomic E-state index is 12.5. The van der Waals surface area contributed by atoms with Crippen LogP contribution in [0.5, 0.6) is 5.75 Å². The van der Waals surface area contributed by atoms with Crippen molar-refractivity contribution in [3.8, 4) is 5.75 Å². The largest absolute Gasteiger partial charge is 0.506 e. The van der Waals surface area contributed by atoms with E-state index in [0.29, 0.717) is 5.69 Å². The molecule has 0 saturated carbocycles. The van der Waals surface area contributed by atoms with E-state index in [4.69, 9.17) is 5.73 Å². The molecule has 29 heavy (non-hydrogen) atoms. The maximum atomic E-state index is 12.5. The zero-order chi connectivity index (χ0) is 21.6. The van der Waals surface area contributed by atoms with Gasteiger partial charge in [-0.25, -0.2) is 0 Å². The highest BCUT2D eigenvalue weighted by Crippen LogP contribution is 2.35. The highest BCUT2D eigenvalue weighted by Gasteiger charge is 2.21. The average molecular weight is 438 g/mol. The smallest absolute Gasteiger partial charge is 0.298 e. The lowest BCUT2D eigenvalue weighted by atomic mass is 10.1. The molecule has 3 rings (SSSR count). The fourth-order valence-corrected chi connectivity index (χ4v) is 3.78. The van der Waals surface area contributed by atoms with E-state index >= 15 is 0 Å². The number of rotatable bonds is 4. The Labute approximate surface area is 165 Å². The van der Waals surface area contributed by atoms with Crippen LogP contribution in [-0.2, 0) is 20.2 Å². The molecule has 0 aliphatic rings. The molecule has 0 saturated heterocycles. The predicted octanol–water partition coefficient (Wildman–Crippen LogP) is 1.87. The Hall–Kier alpha value is -3.19. The lowest BCUT2D eigenvalue weighted by Crippen LogP contribution is -2.13. The summed E-state index contributed by atoms with van der Waals surface area (Å²) in [6.07, 6.45) is 0. The third kappa shape index (κ3) is 4.30. The van der Waals surface area contributed by atoms with E-state index in [1.54, 1.807) is 0 Å². The quantitative estimate of drug-likeness (QED) is 0.299. The van der Waals surface area contributed by atoms with Crippen LogP contribution >= 0.6 is 0 Å². The first kappa shape index (κ1) is 20.5. The SMILES string of the molecule is Nc1ccc(C(=O)Nc2cc(S(=O)(=O)O)cc3cc(S(=O)(=O)O)c(O)cc23)cc1. The van der Waals surface area contributed by atoms with Crippen molar-refractivity contribution in [1.29, 1.82) is 0 Å². The van der Waals surface area contributed by atoms with E-state index in [2.05, 4.69) is 5.32 Å². The number of carbonyl (C=O) groups is 1. The average Bonchev–Trinajstić information content (AvgIpc) is 2.60. The van der Waals surface area contributed by atoms with E-state index in [9.17, 15) is 35.8 Å². The van der Waals surface area contributed by atoms with Crippen LogP contribution in [0.2, 0.25) is 0 Å². The van der Waals surface area contributed by atoms with Crippen LogP contribution in [0.4, 0.5) is 11.4 Å². The summed E-state index contributed by atoms with van der Waals surface area (Å²) in [5.74, 6) is -1.47. The topological polar surface area (TPSA) is 184 Å². The van der Waals surface area contributed by atoms with E-state index in [0.717, 1.165) is 24.3 Å². The molecule has 0 aromatic heterocycles. The van der Waals surface area contributed by atoms with Gasteiger partial charge in [0.2, 0.25) is 0 Å². The molecular formula is C17H14N2O8S2. The highest BCUT2D eigenvalue weighted by atomic mass is 32.2. The summed E-state index contributed by atoms with van der Waals surface area (Å²) in [4.78, 5) is 11.0. The Morgan fingerprint density at radius 3 is 2.07 bits per heavy atom. The third-order valence-electron chi connectivity index (χ3n) is 4.00. The van der Waals surface area contributed by atoms with Crippen LogP contribution in [0.25, 0.3) is 10.8 Å². The molecule has 0 aliphatic carbocycles.